The molecule has 2 aromatic carbocycles. The van der Waals surface area contributed by atoms with Gasteiger partial charge < -0.3 is 14.0 Å². The summed E-state index contributed by atoms with van der Waals surface area (Å²) in [5.41, 5.74) is 0.889. The lowest BCUT2D eigenvalue weighted by atomic mass is 9.95. The summed E-state index contributed by atoms with van der Waals surface area (Å²) in [5.74, 6) is 0.0475. The normalized spacial score (nSPS) is 13.6. The Kier molecular flexibility index (Phi) is 13.6. The SMILES string of the molecule is C=C/C=C\N(C)C1CCCCC1.CCC(=O)Nc1cccc2ccccc12.COBr. The van der Waals surface area contributed by atoms with E-state index in [1.54, 1.807) is 7.11 Å². The van der Waals surface area contributed by atoms with Crippen LogP contribution in [0.3, 0.4) is 0 Å². The number of fused-ring (bicyclic) bond motifs is 1. The zero-order valence-electron chi connectivity index (χ0n) is 18.4. The number of rotatable bonds is 5. The van der Waals surface area contributed by atoms with Gasteiger partial charge in [-0.05, 0) is 36.6 Å². The standard InChI is InChI=1S/C13H13NO.C11H19N.CH3BrO/c1-2-13(15)14-12-9-5-7-10-6-3-4-8-11(10)12;1-3-4-10-12(2)11-8-6-5-7-9-11;1-3-2/h3-9H,2H2,1H3,(H,14,15);3-4,10-11H,1,5-9H2,2H3;1H3/b;10-4-;. The summed E-state index contributed by atoms with van der Waals surface area (Å²) in [4.78, 5) is 13.6. The van der Waals surface area contributed by atoms with Crippen molar-refractivity contribution in [3.8, 4) is 0 Å². The third-order valence-electron chi connectivity index (χ3n) is 4.99. The molecule has 1 aliphatic rings. The molecule has 1 amide bonds. The molecule has 0 saturated heterocycles. The molecular formula is C25H35BrN2O2. The predicted molar refractivity (Wildman–Crippen MR) is 133 cm³/mol. The molecule has 4 nitrogen and oxygen atoms in total. The molecule has 1 saturated carbocycles. The van der Waals surface area contributed by atoms with E-state index in [9.17, 15) is 4.79 Å². The predicted octanol–water partition coefficient (Wildman–Crippen LogP) is 7.08. The van der Waals surface area contributed by atoms with Gasteiger partial charge in [-0.3, -0.25) is 4.79 Å². The Balaban J connectivity index is 0.000000271. The Bertz CT molecular complexity index is 780. The summed E-state index contributed by atoms with van der Waals surface area (Å²) in [6.45, 7) is 5.51. The van der Waals surface area contributed by atoms with Gasteiger partial charge in [0, 0.05) is 30.6 Å². The van der Waals surface area contributed by atoms with Gasteiger partial charge in [0.05, 0.1) is 23.4 Å². The zero-order chi connectivity index (χ0) is 22.2. The van der Waals surface area contributed by atoms with Crippen LogP contribution in [0.5, 0.6) is 0 Å². The first-order chi connectivity index (χ1) is 14.6. The number of anilines is 1. The van der Waals surface area contributed by atoms with Crippen LogP contribution < -0.4 is 5.32 Å². The number of allylic oxidation sites excluding steroid dienone is 2. The van der Waals surface area contributed by atoms with Crippen LogP contribution >= 0.6 is 16.3 Å². The first-order valence-electron chi connectivity index (χ1n) is 10.5. The van der Waals surface area contributed by atoms with Gasteiger partial charge in [-0.2, -0.15) is 0 Å². The van der Waals surface area contributed by atoms with E-state index in [2.05, 4.69) is 50.1 Å². The monoisotopic (exact) mass is 474 g/mol. The van der Waals surface area contributed by atoms with Crippen molar-refractivity contribution < 1.29 is 8.62 Å². The van der Waals surface area contributed by atoms with Gasteiger partial charge >= 0.3 is 0 Å². The van der Waals surface area contributed by atoms with Crippen molar-refractivity contribution in [1.29, 1.82) is 0 Å². The summed E-state index contributed by atoms with van der Waals surface area (Å²) in [6.07, 6.45) is 13.4. The highest BCUT2D eigenvalue weighted by atomic mass is 79.9. The first kappa shape index (κ1) is 25.9. The van der Waals surface area contributed by atoms with Gasteiger partial charge in [-0.25, -0.2) is 0 Å². The minimum atomic E-state index is 0.0475. The Morgan fingerprint density at radius 1 is 1.20 bits per heavy atom. The van der Waals surface area contributed by atoms with Crippen molar-refractivity contribution in [2.24, 2.45) is 0 Å². The van der Waals surface area contributed by atoms with Crippen LogP contribution in [0, 0.1) is 0 Å². The Morgan fingerprint density at radius 3 is 2.47 bits per heavy atom. The van der Waals surface area contributed by atoms with E-state index in [1.165, 1.54) is 32.1 Å². The molecule has 0 heterocycles. The lowest BCUT2D eigenvalue weighted by molar-refractivity contribution is -0.115. The van der Waals surface area contributed by atoms with E-state index >= 15 is 0 Å². The highest BCUT2D eigenvalue weighted by Gasteiger charge is 2.14. The van der Waals surface area contributed by atoms with Gasteiger partial charge in [0.15, 0.2) is 0 Å². The molecule has 0 bridgehead atoms. The average Bonchev–Trinajstić information content (AvgIpc) is 2.79. The fourth-order valence-corrected chi connectivity index (χ4v) is 3.38. The molecule has 3 rings (SSSR count). The van der Waals surface area contributed by atoms with Crippen LogP contribution in [-0.4, -0.2) is 31.0 Å². The van der Waals surface area contributed by atoms with Gasteiger partial charge in [-0.1, -0.05) is 75.2 Å². The molecule has 0 atom stereocenters. The molecule has 30 heavy (non-hydrogen) atoms. The van der Waals surface area contributed by atoms with Crippen LogP contribution in [0.15, 0.2) is 67.4 Å². The number of hydrogen-bond acceptors (Lipinski definition) is 3. The van der Waals surface area contributed by atoms with Crippen LogP contribution in [0.25, 0.3) is 10.8 Å². The number of nitrogens with zero attached hydrogens (tertiary/aromatic N) is 1. The number of amides is 1. The summed E-state index contributed by atoms with van der Waals surface area (Å²) in [5, 5.41) is 5.13. The molecule has 0 aromatic heterocycles. The Morgan fingerprint density at radius 2 is 1.83 bits per heavy atom. The average molecular weight is 475 g/mol. The lowest BCUT2D eigenvalue weighted by Gasteiger charge is -2.30. The largest absolute Gasteiger partial charge is 0.377 e. The van der Waals surface area contributed by atoms with E-state index in [-0.39, 0.29) is 5.91 Å². The van der Waals surface area contributed by atoms with Crippen molar-refractivity contribution in [3.05, 3.63) is 67.4 Å². The molecule has 1 N–H and O–H groups in total. The molecule has 0 aliphatic heterocycles. The fraction of sp³-hybridized carbons (Fsp3) is 0.400. The van der Waals surface area contributed by atoms with E-state index in [4.69, 9.17) is 0 Å². The van der Waals surface area contributed by atoms with Gasteiger partial charge in [0.2, 0.25) is 5.91 Å². The number of halogens is 1. The zero-order valence-corrected chi connectivity index (χ0v) is 20.0. The maximum Gasteiger partial charge on any atom is 0.224 e. The van der Waals surface area contributed by atoms with Crippen molar-refractivity contribution in [2.45, 2.75) is 51.5 Å². The number of benzene rings is 2. The summed E-state index contributed by atoms with van der Waals surface area (Å²) < 4.78 is 4.06. The fourth-order valence-electron chi connectivity index (χ4n) is 3.38. The van der Waals surface area contributed by atoms with Crippen LogP contribution in [0.2, 0.25) is 0 Å². The molecular weight excluding hydrogens is 440 g/mol. The molecule has 2 aromatic rings. The van der Waals surface area contributed by atoms with Crippen molar-refractivity contribution in [3.63, 3.8) is 0 Å². The molecule has 0 spiro atoms. The summed E-state index contributed by atoms with van der Waals surface area (Å²) in [6, 6.07) is 14.7. The molecule has 164 valence electrons. The molecule has 0 unspecified atom stereocenters. The molecule has 0 radical (unpaired) electrons. The quantitative estimate of drug-likeness (QED) is 0.470. The van der Waals surface area contributed by atoms with Gasteiger partial charge in [0.25, 0.3) is 0 Å². The van der Waals surface area contributed by atoms with Gasteiger partial charge in [0.1, 0.15) is 0 Å². The molecule has 1 fully saturated rings. The highest BCUT2D eigenvalue weighted by molar-refractivity contribution is 9.06. The van der Waals surface area contributed by atoms with Crippen molar-refractivity contribution in [2.75, 3.05) is 19.5 Å². The molecule has 5 heteroatoms. The second-order valence-corrected chi connectivity index (χ2v) is 7.76. The van der Waals surface area contributed by atoms with Crippen molar-refractivity contribution >= 4 is 38.6 Å². The minimum absolute atomic E-state index is 0.0475. The summed E-state index contributed by atoms with van der Waals surface area (Å²) >= 11 is 2.65. The highest BCUT2D eigenvalue weighted by Crippen LogP contribution is 2.23. The Hall–Kier alpha value is -2.11. The first-order valence-corrected chi connectivity index (χ1v) is 11.2. The number of nitrogens with one attached hydrogen (secondary N) is 1. The van der Waals surface area contributed by atoms with Gasteiger partial charge in [-0.15, -0.1) is 0 Å². The van der Waals surface area contributed by atoms with E-state index < -0.39 is 0 Å². The minimum Gasteiger partial charge on any atom is -0.377 e. The van der Waals surface area contributed by atoms with Crippen LogP contribution in [0.1, 0.15) is 45.4 Å². The van der Waals surface area contributed by atoms with E-state index in [0.717, 1.165) is 22.5 Å². The van der Waals surface area contributed by atoms with Crippen LogP contribution in [-0.2, 0) is 8.62 Å². The lowest BCUT2D eigenvalue weighted by Crippen LogP contribution is -2.28. The number of hydrogen-bond donors (Lipinski definition) is 1. The third-order valence-corrected chi connectivity index (χ3v) is 4.99. The summed E-state index contributed by atoms with van der Waals surface area (Å²) in [7, 11) is 3.70. The second kappa shape index (κ2) is 15.7. The smallest absolute Gasteiger partial charge is 0.224 e. The third kappa shape index (κ3) is 9.59. The second-order valence-electron chi connectivity index (χ2n) is 7.12. The van der Waals surface area contributed by atoms with E-state index in [0.29, 0.717) is 6.42 Å². The molecule has 1 aliphatic carbocycles. The Labute approximate surface area is 190 Å². The van der Waals surface area contributed by atoms with Crippen molar-refractivity contribution in [1.82, 2.24) is 4.90 Å². The number of carbonyl (C=O) groups excluding carboxylic acids is 1. The van der Waals surface area contributed by atoms with Crippen LogP contribution in [0.4, 0.5) is 5.69 Å². The maximum absolute atomic E-state index is 11.3. The maximum atomic E-state index is 11.3. The number of carbonyl (C=O) groups is 1. The topological polar surface area (TPSA) is 41.6 Å². The van der Waals surface area contributed by atoms with E-state index in [1.807, 2.05) is 61.5 Å².